The summed E-state index contributed by atoms with van der Waals surface area (Å²) in [6, 6.07) is 24.4. The van der Waals surface area contributed by atoms with Gasteiger partial charge in [0.15, 0.2) is 0 Å². The first-order valence-corrected chi connectivity index (χ1v) is 9.95. The molecule has 0 unspecified atom stereocenters. The Morgan fingerprint density at radius 3 is 1.84 bits per heavy atom. The third-order valence-corrected chi connectivity index (χ3v) is 4.86. The van der Waals surface area contributed by atoms with Crippen molar-refractivity contribution in [2.24, 2.45) is 0 Å². The number of carbonyl (C=O) groups is 2. The van der Waals surface area contributed by atoms with Crippen molar-refractivity contribution in [3.8, 4) is 11.1 Å². The van der Waals surface area contributed by atoms with Gasteiger partial charge in [0.2, 0.25) is 5.91 Å². The summed E-state index contributed by atoms with van der Waals surface area (Å²) in [4.78, 5) is 26.9. The summed E-state index contributed by atoms with van der Waals surface area (Å²) in [5, 5.41) is 2.71. The van der Waals surface area contributed by atoms with E-state index in [1.165, 1.54) is 0 Å². The van der Waals surface area contributed by atoms with Crippen LogP contribution in [0.1, 0.15) is 21.9 Å². The fourth-order valence-electron chi connectivity index (χ4n) is 3.23. The van der Waals surface area contributed by atoms with Gasteiger partial charge in [-0.1, -0.05) is 42.5 Å². The van der Waals surface area contributed by atoms with Crippen molar-refractivity contribution in [2.45, 2.75) is 13.1 Å². The third kappa shape index (κ3) is 5.30. The highest BCUT2D eigenvalue weighted by Gasteiger charge is 2.18. The van der Waals surface area contributed by atoms with Crippen molar-refractivity contribution in [1.29, 1.82) is 0 Å². The van der Waals surface area contributed by atoms with E-state index >= 15 is 0 Å². The summed E-state index contributed by atoms with van der Waals surface area (Å²) in [5.74, 6) is 0.774. The third-order valence-electron chi connectivity index (χ3n) is 4.86. The molecule has 6 heteroatoms. The van der Waals surface area contributed by atoms with Crippen LogP contribution in [-0.4, -0.2) is 23.3 Å². The molecule has 2 aromatic heterocycles. The van der Waals surface area contributed by atoms with Crippen LogP contribution in [0.4, 0.5) is 0 Å². The number of hydrogen-bond donors (Lipinski definition) is 1. The minimum Gasteiger partial charge on any atom is -0.467 e. The second-order valence-electron chi connectivity index (χ2n) is 7.03. The molecule has 156 valence electrons. The van der Waals surface area contributed by atoms with Crippen LogP contribution in [0, 0.1) is 0 Å². The van der Waals surface area contributed by atoms with Crippen molar-refractivity contribution in [2.75, 3.05) is 6.54 Å². The quantitative estimate of drug-likeness (QED) is 0.461. The van der Waals surface area contributed by atoms with Gasteiger partial charge in [0.05, 0.1) is 32.2 Å². The van der Waals surface area contributed by atoms with Gasteiger partial charge in [-0.15, -0.1) is 0 Å². The zero-order valence-electron chi connectivity index (χ0n) is 16.9. The fourth-order valence-corrected chi connectivity index (χ4v) is 3.23. The average molecular weight is 414 g/mol. The largest absolute Gasteiger partial charge is 0.467 e. The number of hydrogen-bond acceptors (Lipinski definition) is 4. The lowest BCUT2D eigenvalue weighted by atomic mass is 10.0. The minimum absolute atomic E-state index is 0.124. The lowest BCUT2D eigenvalue weighted by Gasteiger charge is -2.21. The monoisotopic (exact) mass is 414 g/mol. The Labute approximate surface area is 180 Å². The molecular weight excluding hydrogens is 392 g/mol. The molecule has 2 heterocycles. The van der Waals surface area contributed by atoms with Crippen LogP contribution < -0.4 is 5.32 Å². The molecule has 0 aliphatic carbocycles. The number of furan rings is 2. The van der Waals surface area contributed by atoms with Crippen molar-refractivity contribution in [3.63, 3.8) is 0 Å². The molecule has 0 spiro atoms. The molecule has 0 saturated heterocycles. The number of amides is 2. The van der Waals surface area contributed by atoms with Gasteiger partial charge in [-0.2, -0.15) is 0 Å². The number of nitrogens with one attached hydrogen (secondary N) is 1. The van der Waals surface area contributed by atoms with E-state index < -0.39 is 0 Å². The highest BCUT2D eigenvalue weighted by atomic mass is 16.3. The molecule has 1 N–H and O–H groups in total. The first-order chi connectivity index (χ1) is 15.2. The molecule has 6 nitrogen and oxygen atoms in total. The smallest absolute Gasteiger partial charge is 0.251 e. The molecular formula is C25H22N2O4. The van der Waals surface area contributed by atoms with E-state index in [1.54, 1.807) is 53.8 Å². The maximum absolute atomic E-state index is 12.8. The Hall–Kier alpha value is -4.06. The van der Waals surface area contributed by atoms with Gasteiger partial charge in [0, 0.05) is 5.56 Å². The van der Waals surface area contributed by atoms with E-state index in [0.29, 0.717) is 17.1 Å². The van der Waals surface area contributed by atoms with E-state index in [0.717, 1.165) is 11.1 Å². The molecule has 0 fully saturated rings. The second kappa shape index (κ2) is 9.63. The maximum Gasteiger partial charge on any atom is 0.251 e. The zero-order valence-corrected chi connectivity index (χ0v) is 16.9. The van der Waals surface area contributed by atoms with Crippen LogP contribution in [0.25, 0.3) is 11.1 Å². The van der Waals surface area contributed by atoms with Gasteiger partial charge in [-0.05, 0) is 47.5 Å². The van der Waals surface area contributed by atoms with Crippen LogP contribution in [0.5, 0.6) is 0 Å². The minimum atomic E-state index is -0.302. The normalized spacial score (nSPS) is 10.6. The summed E-state index contributed by atoms with van der Waals surface area (Å²) < 4.78 is 10.7. The lowest BCUT2D eigenvalue weighted by Crippen LogP contribution is -2.39. The Kier molecular flexibility index (Phi) is 6.28. The number of carbonyl (C=O) groups excluding carboxylic acids is 2. The first kappa shape index (κ1) is 20.2. The van der Waals surface area contributed by atoms with Crippen LogP contribution in [0.15, 0.2) is 100 Å². The summed E-state index contributed by atoms with van der Waals surface area (Å²) in [7, 11) is 0. The molecule has 31 heavy (non-hydrogen) atoms. The Bertz CT molecular complexity index is 1070. The highest BCUT2D eigenvalue weighted by molar-refractivity contribution is 5.96. The SMILES string of the molecule is O=C(NCC(=O)N(Cc1ccco1)Cc1ccco1)c1ccc(-c2ccccc2)cc1. The fraction of sp³-hybridized carbons (Fsp3) is 0.120. The summed E-state index contributed by atoms with van der Waals surface area (Å²) >= 11 is 0. The van der Waals surface area contributed by atoms with Crippen LogP contribution in [-0.2, 0) is 17.9 Å². The Morgan fingerprint density at radius 2 is 1.29 bits per heavy atom. The molecule has 2 aromatic carbocycles. The standard InChI is InChI=1S/C25H22N2O4/c28-24(27(17-22-8-4-14-30-22)18-23-9-5-15-31-23)16-26-25(29)21-12-10-20(11-13-21)19-6-2-1-3-7-19/h1-15H,16-18H2,(H,26,29). The Morgan fingerprint density at radius 1 is 0.710 bits per heavy atom. The molecule has 2 amide bonds. The highest BCUT2D eigenvalue weighted by Crippen LogP contribution is 2.19. The molecule has 4 aromatic rings. The van der Waals surface area contributed by atoms with Gasteiger partial charge in [0.25, 0.3) is 5.91 Å². The molecule has 0 aliphatic heterocycles. The second-order valence-corrected chi connectivity index (χ2v) is 7.03. The number of nitrogens with zero attached hydrogens (tertiary/aromatic N) is 1. The molecule has 0 bridgehead atoms. The number of benzene rings is 2. The van der Waals surface area contributed by atoms with E-state index in [2.05, 4.69) is 5.32 Å². The molecule has 0 radical (unpaired) electrons. The van der Waals surface area contributed by atoms with E-state index in [1.807, 2.05) is 42.5 Å². The van der Waals surface area contributed by atoms with Crippen LogP contribution in [0.2, 0.25) is 0 Å². The topological polar surface area (TPSA) is 75.7 Å². The van der Waals surface area contributed by atoms with Crippen LogP contribution in [0.3, 0.4) is 0 Å². The number of rotatable bonds is 8. The first-order valence-electron chi connectivity index (χ1n) is 9.95. The van der Waals surface area contributed by atoms with E-state index in [4.69, 9.17) is 8.83 Å². The molecule has 0 aliphatic rings. The van der Waals surface area contributed by atoms with Crippen LogP contribution >= 0.6 is 0 Å². The van der Waals surface area contributed by atoms with Gasteiger partial charge in [-0.25, -0.2) is 0 Å². The average Bonchev–Trinajstić information content (AvgIpc) is 3.52. The lowest BCUT2D eigenvalue weighted by molar-refractivity contribution is -0.131. The summed E-state index contributed by atoms with van der Waals surface area (Å²) in [6.07, 6.45) is 3.12. The maximum atomic E-state index is 12.8. The van der Waals surface area contributed by atoms with Gasteiger partial charge < -0.3 is 19.1 Å². The predicted molar refractivity (Wildman–Crippen MR) is 116 cm³/mol. The van der Waals surface area contributed by atoms with Gasteiger partial charge >= 0.3 is 0 Å². The molecule has 4 rings (SSSR count). The van der Waals surface area contributed by atoms with Crippen molar-refractivity contribution >= 4 is 11.8 Å². The van der Waals surface area contributed by atoms with E-state index in [-0.39, 0.29) is 31.4 Å². The van der Waals surface area contributed by atoms with Crippen molar-refractivity contribution in [3.05, 3.63) is 108 Å². The molecule has 0 saturated carbocycles. The molecule has 0 atom stereocenters. The summed E-state index contributed by atoms with van der Waals surface area (Å²) in [6.45, 7) is 0.447. The van der Waals surface area contributed by atoms with Gasteiger partial charge in [-0.3, -0.25) is 9.59 Å². The van der Waals surface area contributed by atoms with E-state index in [9.17, 15) is 9.59 Å². The van der Waals surface area contributed by atoms with Crippen molar-refractivity contribution in [1.82, 2.24) is 10.2 Å². The zero-order chi connectivity index (χ0) is 21.5. The predicted octanol–water partition coefficient (Wildman–Crippen LogP) is 4.50. The summed E-state index contributed by atoms with van der Waals surface area (Å²) in [5.41, 5.74) is 2.60. The van der Waals surface area contributed by atoms with Crippen molar-refractivity contribution < 1.29 is 18.4 Å². The Balaban J connectivity index is 1.37. The van der Waals surface area contributed by atoms with Gasteiger partial charge in [0.1, 0.15) is 11.5 Å².